The van der Waals surface area contributed by atoms with Gasteiger partial charge in [0.15, 0.2) is 0 Å². The lowest BCUT2D eigenvalue weighted by atomic mass is 10.2. The zero-order chi connectivity index (χ0) is 17.0. The van der Waals surface area contributed by atoms with Crippen molar-refractivity contribution >= 4 is 51.8 Å². The van der Waals surface area contributed by atoms with Crippen molar-refractivity contribution < 1.29 is 9.90 Å². The Labute approximate surface area is 148 Å². The largest absolute Gasteiger partial charge is 0.477 e. The predicted molar refractivity (Wildman–Crippen MR) is 97.2 cm³/mol. The number of rotatable bonds is 3. The average molecular weight is 368 g/mol. The van der Waals surface area contributed by atoms with Crippen LogP contribution in [0.15, 0.2) is 52.3 Å². The summed E-state index contributed by atoms with van der Waals surface area (Å²) in [5.41, 5.74) is 0.849. The van der Waals surface area contributed by atoms with Crippen molar-refractivity contribution in [3.05, 3.63) is 58.2 Å². The Bertz CT molecular complexity index is 828. The van der Waals surface area contributed by atoms with E-state index in [1.54, 1.807) is 12.1 Å². The monoisotopic (exact) mass is 367 g/mol. The maximum atomic E-state index is 11.1. The summed E-state index contributed by atoms with van der Waals surface area (Å²) in [5.74, 6) is -0.996. The number of carboxylic acids is 1. The van der Waals surface area contributed by atoms with Gasteiger partial charge in [0.2, 0.25) is 0 Å². The molecule has 6 heteroatoms. The van der Waals surface area contributed by atoms with Gasteiger partial charge >= 0.3 is 5.97 Å². The number of aromatic nitrogens is 1. The molecule has 0 amide bonds. The summed E-state index contributed by atoms with van der Waals surface area (Å²) in [6.07, 6.45) is 0. The maximum Gasteiger partial charge on any atom is 0.352 e. The summed E-state index contributed by atoms with van der Waals surface area (Å²) in [4.78, 5) is 15.8. The van der Waals surface area contributed by atoms with Gasteiger partial charge in [-0.25, -0.2) is 4.79 Å². The molecule has 3 rings (SSSR count). The second-order valence-corrected chi connectivity index (χ2v) is 6.40. The van der Waals surface area contributed by atoms with E-state index < -0.39 is 5.97 Å². The maximum absolute atomic E-state index is 11.1. The smallest absolute Gasteiger partial charge is 0.352 e. The third kappa shape index (κ3) is 4.22. The summed E-state index contributed by atoms with van der Waals surface area (Å²) in [5, 5.41) is 11.1. The van der Waals surface area contributed by atoms with Gasteiger partial charge in [-0.15, -0.1) is 0 Å². The van der Waals surface area contributed by atoms with Crippen molar-refractivity contribution in [2.45, 2.75) is 23.6 Å². The van der Waals surface area contributed by atoms with Gasteiger partial charge in [-0.05, 0) is 42.5 Å². The average Bonchev–Trinajstić information content (AvgIpc) is 2.96. The number of carbonyl (C=O) groups is 1. The molecular formula is C17H15Cl2NO2S. The van der Waals surface area contributed by atoms with Crippen molar-refractivity contribution in [2.75, 3.05) is 0 Å². The fraction of sp³-hybridized carbons (Fsp3) is 0.118. The number of H-pyrrole nitrogens is 1. The zero-order valence-electron chi connectivity index (χ0n) is 12.6. The molecule has 0 unspecified atom stereocenters. The van der Waals surface area contributed by atoms with Crippen LogP contribution in [-0.4, -0.2) is 16.1 Å². The van der Waals surface area contributed by atoms with Crippen LogP contribution in [0.1, 0.15) is 24.3 Å². The minimum atomic E-state index is -0.996. The second-order valence-electron chi connectivity index (χ2n) is 4.41. The van der Waals surface area contributed by atoms with Crippen LogP contribution < -0.4 is 0 Å². The molecule has 0 saturated heterocycles. The van der Waals surface area contributed by atoms with Gasteiger partial charge in [0, 0.05) is 30.7 Å². The fourth-order valence-electron chi connectivity index (χ4n) is 2.00. The third-order valence-electron chi connectivity index (χ3n) is 2.94. The number of benzene rings is 2. The number of aromatic amines is 1. The molecule has 3 nitrogen and oxygen atoms in total. The summed E-state index contributed by atoms with van der Waals surface area (Å²) < 4.78 is 0. The molecule has 3 aromatic rings. The summed E-state index contributed by atoms with van der Waals surface area (Å²) in [7, 11) is 0. The van der Waals surface area contributed by atoms with Crippen LogP contribution in [0.4, 0.5) is 0 Å². The Kier molecular flexibility index (Phi) is 5.99. The van der Waals surface area contributed by atoms with Gasteiger partial charge in [-0.3, -0.25) is 0 Å². The summed E-state index contributed by atoms with van der Waals surface area (Å²) in [6, 6.07) is 12.6. The molecule has 1 aromatic heterocycles. The highest BCUT2D eigenvalue weighted by Crippen LogP contribution is 2.36. The fourth-order valence-corrected chi connectivity index (χ4v) is 3.40. The van der Waals surface area contributed by atoms with Gasteiger partial charge in [0.1, 0.15) is 5.69 Å². The minimum Gasteiger partial charge on any atom is -0.477 e. The SMILES string of the molecule is CC.O=C(O)c1cc2c(Sc3ccc(Cl)cc3)cc(Cl)cc2[nH]1. The molecule has 0 aliphatic carbocycles. The number of aromatic carboxylic acids is 1. The molecule has 0 saturated carbocycles. The lowest BCUT2D eigenvalue weighted by Crippen LogP contribution is -1.94. The minimum absolute atomic E-state index is 0.144. The third-order valence-corrected chi connectivity index (χ3v) is 4.47. The normalized spacial score (nSPS) is 10.3. The quantitative estimate of drug-likeness (QED) is 0.566. The van der Waals surface area contributed by atoms with E-state index in [0.717, 1.165) is 15.2 Å². The first-order valence-corrected chi connectivity index (χ1v) is 8.59. The van der Waals surface area contributed by atoms with E-state index in [9.17, 15) is 4.79 Å². The molecule has 0 aliphatic heterocycles. The molecule has 0 bridgehead atoms. The van der Waals surface area contributed by atoms with E-state index in [0.29, 0.717) is 15.6 Å². The lowest BCUT2D eigenvalue weighted by molar-refractivity contribution is 0.0691. The highest BCUT2D eigenvalue weighted by atomic mass is 35.5. The van der Waals surface area contributed by atoms with Crippen molar-refractivity contribution in [2.24, 2.45) is 0 Å². The number of halogens is 2. The van der Waals surface area contributed by atoms with E-state index in [-0.39, 0.29) is 5.69 Å². The topological polar surface area (TPSA) is 53.1 Å². The first kappa shape index (κ1) is 17.7. The molecule has 0 atom stereocenters. The van der Waals surface area contributed by atoms with Gasteiger partial charge in [-0.1, -0.05) is 48.8 Å². The Balaban J connectivity index is 0.000000924. The Morgan fingerprint density at radius 3 is 2.30 bits per heavy atom. The molecular weight excluding hydrogens is 353 g/mol. The van der Waals surface area contributed by atoms with Crippen molar-refractivity contribution in [3.63, 3.8) is 0 Å². The number of fused-ring (bicyclic) bond motifs is 1. The number of nitrogens with one attached hydrogen (secondary N) is 1. The van der Waals surface area contributed by atoms with Gasteiger partial charge < -0.3 is 10.1 Å². The van der Waals surface area contributed by atoms with Crippen LogP contribution in [0.5, 0.6) is 0 Å². The molecule has 2 aromatic carbocycles. The Morgan fingerprint density at radius 2 is 1.70 bits per heavy atom. The molecule has 0 spiro atoms. The van der Waals surface area contributed by atoms with Gasteiger partial charge in [0.25, 0.3) is 0 Å². The van der Waals surface area contributed by atoms with Crippen LogP contribution in [0.2, 0.25) is 10.0 Å². The van der Waals surface area contributed by atoms with Crippen LogP contribution in [-0.2, 0) is 0 Å². The van der Waals surface area contributed by atoms with Crippen molar-refractivity contribution in [1.29, 1.82) is 0 Å². The zero-order valence-corrected chi connectivity index (χ0v) is 14.9. The Hall–Kier alpha value is -1.62. The van der Waals surface area contributed by atoms with Crippen LogP contribution in [0, 0.1) is 0 Å². The molecule has 120 valence electrons. The molecule has 0 aliphatic rings. The summed E-state index contributed by atoms with van der Waals surface area (Å²) in [6.45, 7) is 4.00. The second kappa shape index (κ2) is 7.77. The van der Waals surface area contributed by atoms with E-state index in [4.69, 9.17) is 28.3 Å². The van der Waals surface area contributed by atoms with Crippen LogP contribution in [0.25, 0.3) is 10.9 Å². The molecule has 1 heterocycles. The van der Waals surface area contributed by atoms with E-state index in [2.05, 4.69) is 4.98 Å². The highest BCUT2D eigenvalue weighted by Gasteiger charge is 2.12. The van der Waals surface area contributed by atoms with Crippen LogP contribution in [0.3, 0.4) is 0 Å². The first-order chi connectivity index (χ1) is 11.0. The predicted octanol–water partition coefficient (Wildman–Crippen LogP) is 6.35. The van der Waals surface area contributed by atoms with E-state index in [1.165, 1.54) is 11.8 Å². The van der Waals surface area contributed by atoms with Gasteiger partial charge in [0.05, 0.1) is 0 Å². The molecule has 0 radical (unpaired) electrons. The first-order valence-electron chi connectivity index (χ1n) is 7.02. The molecule has 2 N–H and O–H groups in total. The summed E-state index contributed by atoms with van der Waals surface area (Å²) >= 11 is 13.5. The van der Waals surface area contributed by atoms with Crippen LogP contribution >= 0.6 is 35.0 Å². The van der Waals surface area contributed by atoms with E-state index in [1.807, 2.05) is 44.2 Å². The molecule has 23 heavy (non-hydrogen) atoms. The standard InChI is InChI=1S/C15H9Cl2NO2S.C2H6/c16-8-1-3-10(4-2-8)21-14-6-9(17)5-12-11(14)7-13(18-12)15(19)20;1-2/h1-7,18H,(H,19,20);1-2H3. The number of carboxylic acid groups (broad SMARTS) is 1. The van der Waals surface area contributed by atoms with E-state index >= 15 is 0 Å². The van der Waals surface area contributed by atoms with Crippen molar-refractivity contribution in [3.8, 4) is 0 Å². The molecule has 0 fully saturated rings. The lowest BCUT2D eigenvalue weighted by Gasteiger charge is -2.04. The Morgan fingerprint density at radius 1 is 1.04 bits per heavy atom. The van der Waals surface area contributed by atoms with Crippen molar-refractivity contribution in [1.82, 2.24) is 4.98 Å². The highest BCUT2D eigenvalue weighted by molar-refractivity contribution is 7.99. The number of hydrogen-bond acceptors (Lipinski definition) is 2. The number of hydrogen-bond donors (Lipinski definition) is 2. The van der Waals surface area contributed by atoms with Gasteiger partial charge in [-0.2, -0.15) is 0 Å².